The summed E-state index contributed by atoms with van der Waals surface area (Å²) in [5, 5.41) is 0. The summed E-state index contributed by atoms with van der Waals surface area (Å²) in [6.07, 6.45) is 1.30. The molecule has 0 unspecified atom stereocenters. The number of imidazole rings is 1. The third-order valence-corrected chi connectivity index (χ3v) is 3.61. The van der Waals surface area contributed by atoms with Gasteiger partial charge in [0, 0.05) is 0 Å². The molecular weight excluding hydrogens is 341 g/mol. The predicted molar refractivity (Wildman–Crippen MR) is 72.9 cm³/mol. The first-order valence-electron chi connectivity index (χ1n) is 5.17. The average molecular weight is 354 g/mol. The predicted octanol–water partition coefficient (Wildman–Crippen LogP) is 0.00760. The fourth-order valence-corrected chi connectivity index (χ4v) is 2.50. The van der Waals surface area contributed by atoms with Gasteiger partial charge >= 0.3 is 116 Å². The first-order chi connectivity index (χ1) is 8.63. The third kappa shape index (κ3) is 3.56. The van der Waals surface area contributed by atoms with Crippen LogP contribution in [0.1, 0.15) is 0 Å². The van der Waals surface area contributed by atoms with Gasteiger partial charge in [0.1, 0.15) is 0 Å². The SMILES string of the molecule is CP(O)(O)(O)OCCn1c(Br)nc2c(N)ncnc21. The minimum atomic E-state index is -4.95. The zero-order chi connectivity index (χ0) is 14.3. The fraction of sp³-hybridized carbons (Fsp3) is 0.375. The van der Waals surface area contributed by atoms with Crippen LogP contribution in [0.4, 0.5) is 5.82 Å². The molecule has 0 saturated carbocycles. The summed E-state index contributed by atoms with van der Waals surface area (Å²) in [5.41, 5.74) is 6.58. The Morgan fingerprint density at radius 3 is 2.74 bits per heavy atom. The van der Waals surface area contributed by atoms with Crippen LogP contribution in [0.25, 0.3) is 11.2 Å². The monoisotopic (exact) mass is 353 g/mol. The van der Waals surface area contributed by atoms with E-state index in [2.05, 4.69) is 35.4 Å². The number of nitrogens with two attached hydrogens (primary N) is 1. The number of nitrogen functional groups attached to an aromatic ring is 1. The van der Waals surface area contributed by atoms with Gasteiger partial charge < -0.3 is 0 Å². The molecule has 0 bridgehead atoms. The van der Waals surface area contributed by atoms with Crippen LogP contribution in [0.2, 0.25) is 0 Å². The summed E-state index contributed by atoms with van der Waals surface area (Å²) in [7, 11) is -4.95. The molecule has 0 aliphatic rings. The Kier molecular flexibility index (Phi) is 3.50. The van der Waals surface area contributed by atoms with Crippen molar-refractivity contribution in [2.45, 2.75) is 6.54 Å². The summed E-state index contributed by atoms with van der Waals surface area (Å²) < 4.78 is 6.73. The van der Waals surface area contributed by atoms with Crippen LogP contribution in [0, 0.1) is 0 Å². The molecule has 2 aromatic rings. The van der Waals surface area contributed by atoms with Gasteiger partial charge in [-0.05, 0) is 0 Å². The molecule has 5 N–H and O–H groups in total. The Labute approximate surface area is 116 Å². The minimum absolute atomic E-state index is 0.133. The molecular formula is C8H13BrN5O4P. The molecule has 11 heteroatoms. The zero-order valence-electron chi connectivity index (χ0n) is 9.93. The number of halogens is 1. The average Bonchev–Trinajstić information content (AvgIpc) is 2.55. The Morgan fingerprint density at radius 1 is 1.42 bits per heavy atom. The summed E-state index contributed by atoms with van der Waals surface area (Å²) in [4.78, 5) is 39.5. The van der Waals surface area contributed by atoms with E-state index in [1.807, 2.05) is 0 Å². The van der Waals surface area contributed by atoms with E-state index in [-0.39, 0.29) is 19.0 Å². The number of rotatable bonds is 4. The van der Waals surface area contributed by atoms with E-state index >= 15 is 0 Å². The van der Waals surface area contributed by atoms with Crippen molar-refractivity contribution in [2.75, 3.05) is 19.0 Å². The summed E-state index contributed by atoms with van der Waals surface area (Å²) >= 11 is 3.23. The normalized spacial score (nSPS) is 14.5. The van der Waals surface area contributed by atoms with Gasteiger partial charge in [-0.25, -0.2) is 0 Å². The summed E-state index contributed by atoms with van der Waals surface area (Å²) in [5.74, 6) is 0.243. The van der Waals surface area contributed by atoms with Crippen LogP contribution in [0.3, 0.4) is 0 Å². The van der Waals surface area contributed by atoms with E-state index in [0.29, 0.717) is 15.9 Å². The standard InChI is InChI=1S/C8H13BrN5O4P/c1-19(15,16,17)18-3-2-14-7-5(13-8(14)9)6(10)11-4-12-7/h4,15-17H,2-3H2,1H3,(H2,10,11,12). The molecule has 0 fully saturated rings. The van der Waals surface area contributed by atoms with Crippen molar-refractivity contribution >= 4 is 40.4 Å². The van der Waals surface area contributed by atoms with Crippen molar-refractivity contribution in [3.63, 3.8) is 0 Å². The Morgan fingerprint density at radius 2 is 2.11 bits per heavy atom. The van der Waals surface area contributed by atoms with Crippen molar-refractivity contribution in [2.24, 2.45) is 0 Å². The van der Waals surface area contributed by atoms with Crippen LogP contribution in [-0.2, 0) is 11.1 Å². The maximum absolute atomic E-state index is 9.18. The molecule has 2 rings (SSSR count). The van der Waals surface area contributed by atoms with E-state index in [4.69, 9.17) is 5.73 Å². The van der Waals surface area contributed by atoms with E-state index in [1.54, 1.807) is 4.57 Å². The maximum atomic E-state index is 9.18. The van der Waals surface area contributed by atoms with Crippen LogP contribution >= 0.6 is 23.4 Å². The molecule has 2 heterocycles. The fourth-order valence-electron chi connectivity index (χ4n) is 1.47. The van der Waals surface area contributed by atoms with Crippen molar-refractivity contribution in [1.82, 2.24) is 19.5 Å². The van der Waals surface area contributed by atoms with Gasteiger partial charge in [0.2, 0.25) is 0 Å². The number of hydrogen-bond donors (Lipinski definition) is 4. The number of fused-ring (bicyclic) bond motifs is 1. The molecule has 0 spiro atoms. The van der Waals surface area contributed by atoms with Crippen LogP contribution < -0.4 is 5.73 Å². The van der Waals surface area contributed by atoms with Crippen LogP contribution in [0.5, 0.6) is 0 Å². The molecule has 2 aromatic heterocycles. The Balaban J connectivity index is 2.22. The molecule has 0 aliphatic carbocycles. The first-order valence-corrected chi connectivity index (χ1v) is 8.42. The van der Waals surface area contributed by atoms with Gasteiger partial charge in [-0.3, -0.25) is 0 Å². The van der Waals surface area contributed by atoms with Gasteiger partial charge in [-0.2, -0.15) is 0 Å². The third-order valence-electron chi connectivity index (χ3n) is 2.22. The Bertz CT molecular complexity index is 615. The summed E-state index contributed by atoms with van der Waals surface area (Å²) in [6, 6.07) is 0. The van der Waals surface area contributed by atoms with E-state index in [9.17, 15) is 14.7 Å². The molecule has 0 aromatic carbocycles. The molecule has 19 heavy (non-hydrogen) atoms. The molecule has 0 radical (unpaired) electrons. The zero-order valence-corrected chi connectivity index (χ0v) is 12.4. The second-order valence-electron chi connectivity index (χ2n) is 4.09. The number of anilines is 1. The van der Waals surface area contributed by atoms with Crippen molar-refractivity contribution in [3.8, 4) is 0 Å². The quantitative estimate of drug-likeness (QED) is 0.445. The van der Waals surface area contributed by atoms with Crippen LogP contribution in [-0.4, -0.2) is 47.5 Å². The van der Waals surface area contributed by atoms with Crippen molar-refractivity contribution < 1.29 is 19.2 Å². The molecule has 106 valence electrons. The molecule has 9 nitrogen and oxygen atoms in total. The van der Waals surface area contributed by atoms with E-state index in [0.717, 1.165) is 6.66 Å². The molecule has 0 amide bonds. The van der Waals surface area contributed by atoms with Crippen molar-refractivity contribution in [3.05, 3.63) is 11.1 Å². The van der Waals surface area contributed by atoms with Gasteiger partial charge in [0.25, 0.3) is 0 Å². The van der Waals surface area contributed by atoms with Gasteiger partial charge in [0.15, 0.2) is 0 Å². The van der Waals surface area contributed by atoms with Crippen molar-refractivity contribution in [1.29, 1.82) is 0 Å². The Hall–Kier alpha value is -0.900. The second kappa shape index (κ2) is 4.58. The number of nitrogens with zero attached hydrogens (tertiary/aromatic N) is 4. The van der Waals surface area contributed by atoms with Crippen LogP contribution in [0.15, 0.2) is 11.1 Å². The number of hydrogen-bond acceptors (Lipinski definition) is 8. The van der Waals surface area contributed by atoms with Gasteiger partial charge in [-0.1, -0.05) is 0 Å². The molecule has 0 aliphatic heterocycles. The first kappa shape index (κ1) is 14.5. The van der Waals surface area contributed by atoms with Gasteiger partial charge in [-0.15, -0.1) is 0 Å². The molecule has 0 saturated heterocycles. The summed E-state index contributed by atoms with van der Waals surface area (Å²) in [6.45, 7) is 0.902. The van der Waals surface area contributed by atoms with E-state index in [1.165, 1.54) is 6.33 Å². The number of aromatic nitrogens is 4. The van der Waals surface area contributed by atoms with Gasteiger partial charge in [0.05, 0.1) is 0 Å². The second-order valence-corrected chi connectivity index (χ2v) is 7.65. The topological polar surface area (TPSA) is 140 Å². The van der Waals surface area contributed by atoms with E-state index < -0.39 is 7.51 Å². The molecule has 0 atom stereocenters.